The minimum Gasteiger partial charge on any atom is -0.481 e. The molecule has 0 amide bonds. The predicted octanol–water partition coefficient (Wildman–Crippen LogP) is 0.461. The second kappa shape index (κ2) is 4.18. The summed E-state index contributed by atoms with van der Waals surface area (Å²) in [5.41, 5.74) is 0. The Morgan fingerprint density at radius 3 is 2.23 bits per heavy atom. The largest absolute Gasteiger partial charge is 0.481 e. The van der Waals surface area contributed by atoms with Gasteiger partial charge in [-0.2, -0.15) is 9.97 Å². The van der Waals surface area contributed by atoms with Crippen LogP contribution in [-0.2, 0) is 4.79 Å². The average molecular weight is 181 g/mol. The molecule has 1 aromatic rings. The summed E-state index contributed by atoms with van der Waals surface area (Å²) in [6, 6.07) is 1.48. The molecule has 0 N–H and O–H groups in total. The van der Waals surface area contributed by atoms with Crippen molar-refractivity contribution in [2.75, 3.05) is 14.2 Å². The maximum absolute atomic E-state index is 9.92. The Morgan fingerprint density at radius 2 is 1.85 bits per heavy atom. The van der Waals surface area contributed by atoms with E-state index < -0.39 is 0 Å². The summed E-state index contributed by atoms with van der Waals surface area (Å²) in [6.07, 6.45) is 1.33. The highest BCUT2D eigenvalue weighted by molar-refractivity contribution is 5.42. The zero-order valence-corrected chi connectivity index (χ0v) is 7.14. The van der Waals surface area contributed by atoms with E-state index in [4.69, 9.17) is 9.47 Å². The molecule has 0 aliphatic heterocycles. The van der Waals surface area contributed by atoms with Crippen molar-refractivity contribution in [1.82, 2.24) is 9.97 Å². The van der Waals surface area contributed by atoms with Crippen LogP contribution in [0.15, 0.2) is 11.1 Å². The van der Waals surface area contributed by atoms with Crippen LogP contribution in [0, 0.1) is 0 Å². The summed E-state index contributed by atoms with van der Waals surface area (Å²) < 4.78 is 9.65. The molecule has 0 aliphatic rings. The summed E-state index contributed by atoms with van der Waals surface area (Å²) in [5.74, 6) is 0.521. The first-order chi connectivity index (χ1) is 6.30. The van der Waals surface area contributed by atoms with Crippen LogP contribution >= 0.6 is 0 Å². The lowest BCUT2D eigenvalue weighted by molar-refractivity contribution is 0.372. The van der Waals surface area contributed by atoms with Gasteiger partial charge in [-0.15, -0.1) is 4.99 Å². The van der Waals surface area contributed by atoms with Crippen molar-refractivity contribution in [3.05, 3.63) is 6.07 Å². The quantitative estimate of drug-likeness (QED) is 0.500. The molecule has 0 saturated heterocycles. The van der Waals surface area contributed by atoms with E-state index in [2.05, 4.69) is 15.0 Å². The fraction of sp³-hybridized carbons (Fsp3) is 0.286. The molecule has 6 heteroatoms. The topological polar surface area (TPSA) is 73.7 Å². The number of hydrogen-bond donors (Lipinski definition) is 0. The Hall–Kier alpha value is -1.94. The van der Waals surface area contributed by atoms with Gasteiger partial charge in [-0.3, -0.25) is 0 Å². The Balaban J connectivity index is 3.14. The minimum absolute atomic E-state index is 0.0359. The molecule has 0 spiro atoms. The van der Waals surface area contributed by atoms with Gasteiger partial charge in [-0.05, 0) is 0 Å². The van der Waals surface area contributed by atoms with Crippen molar-refractivity contribution >= 4 is 12.0 Å². The van der Waals surface area contributed by atoms with Crippen LogP contribution in [-0.4, -0.2) is 30.3 Å². The molecule has 0 aliphatic carbocycles. The molecule has 0 radical (unpaired) electrons. The van der Waals surface area contributed by atoms with Gasteiger partial charge in [-0.25, -0.2) is 4.79 Å². The Labute approximate surface area is 74.2 Å². The highest BCUT2D eigenvalue weighted by atomic mass is 16.5. The van der Waals surface area contributed by atoms with Gasteiger partial charge >= 0.3 is 0 Å². The average Bonchev–Trinajstić information content (AvgIpc) is 2.17. The molecule has 1 aromatic heterocycles. The Morgan fingerprint density at radius 1 is 1.31 bits per heavy atom. The third kappa shape index (κ3) is 2.25. The van der Waals surface area contributed by atoms with Gasteiger partial charge in [-0.1, -0.05) is 0 Å². The van der Waals surface area contributed by atoms with Crippen LogP contribution in [0.5, 0.6) is 11.8 Å². The zero-order chi connectivity index (χ0) is 9.68. The number of hydrogen-bond acceptors (Lipinski definition) is 6. The number of nitrogens with zero attached hydrogens (tertiary/aromatic N) is 3. The molecule has 1 rings (SSSR count). The lowest BCUT2D eigenvalue weighted by Gasteiger charge is -2.01. The van der Waals surface area contributed by atoms with Crippen LogP contribution < -0.4 is 9.47 Å². The van der Waals surface area contributed by atoms with E-state index in [1.54, 1.807) is 0 Å². The van der Waals surface area contributed by atoms with Crippen LogP contribution in [0.2, 0.25) is 0 Å². The SMILES string of the molecule is COc1cc(OC)nc(N=C=O)n1. The fourth-order valence-electron chi connectivity index (χ4n) is 0.692. The fourth-order valence-corrected chi connectivity index (χ4v) is 0.692. The van der Waals surface area contributed by atoms with Crippen molar-refractivity contribution in [3.63, 3.8) is 0 Å². The number of aromatic nitrogens is 2. The van der Waals surface area contributed by atoms with Crippen molar-refractivity contribution in [2.45, 2.75) is 0 Å². The molecule has 0 atom stereocenters. The second-order valence-corrected chi connectivity index (χ2v) is 1.96. The lowest BCUT2D eigenvalue weighted by atomic mass is 10.6. The smallest absolute Gasteiger partial charge is 0.267 e. The number of methoxy groups -OCH3 is 2. The van der Waals surface area contributed by atoms with Gasteiger partial charge < -0.3 is 9.47 Å². The van der Waals surface area contributed by atoms with Crippen LogP contribution in [0.3, 0.4) is 0 Å². The number of aliphatic imine (C=N–C) groups is 1. The summed E-state index contributed by atoms with van der Waals surface area (Å²) in [5, 5.41) is 0. The monoisotopic (exact) mass is 181 g/mol. The Bertz CT molecular complexity index is 325. The molecule has 0 fully saturated rings. The van der Waals surface area contributed by atoms with E-state index in [1.165, 1.54) is 26.4 Å². The highest BCUT2D eigenvalue weighted by Crippen LogP contribution is 2.18. The van der Waals surface area contributed by atoms with E-state index in [-0.39, 0.29) is 17.7 Å². The molecule has 68 valence electrons. The maximum Gasteiger partial charge on any atom is 0.267 e. The summed E-state index contributed by atoms with van der Waals surface area (Å²) in [7, 11) is 2.88. The van der Waals surface area contributed by atoms with E-state index in [1.807, 2.05) is 0 Å². The van der Waals surface area contributed by atoms with Crippen molar-refractivity contribution in [1.29, 1.82) is 0 Å². The van der Waals surface area contributed by atoms with Crippen molar-refractivity contribution in [2.24, 2.45) is 4.99 Å². The van der Waals surface area contributed by atoms with Gasteiger partial charge in [0.05, 0.1) is 20.3 Å². The normalized spacial score (nSPS) is 8.77. The molecule has 13 heavy (non-hydrogen) atoms. The summed E-state index contributed by atoms with van der Waals surface area (Å²) >= 11 is 0. The number of isocyanates is 1. The molecular formula is C7H7N3O3. The first-order valence-electron chi connectivity index (χ1n) is 3.35. The van der Waals surface area contributed by atoms with Gasteiger partial charge in [0.15, 0.2) is 0 Å². The third-order valence-electron chi connectivity index (χ3n) is 1.23. The van der Waals surface area contributed by atoms with E-state index >= 15 is 0 Å². The van der Waals surface area contributed by atoms with E-state index in [0.29, 0.717) is 0 Å². The molecule has 0 unspecified atom stereocenters. The predicted molar refractivity (Wildman–Crippen MR) is 42.9 cm³/mol. The Kier molecular flexibility index (Phi) is 2.94. The van der Waals surface area contributed by atoms with Crippen molar-refractivity contribution < 1.29 is 14.3 Å². The lowest BCUT2D eigenvalue weighted by Crippen LogP contribution is -1.93. The number of carbonyl (C=O) groups excluding carboxylic acids is 1. The van der Waals surface area contributed by atoms with Gasteiger partial charge in [0.2, 0.25) is 17.8 Å². The molecule has 1 heterocycles. The maximum atomic E-state index is 9.92. The van der Waals surface area contributed by atoms with Gasteiger partial charge in [0.1, 0.15) is 0 Å². The van der Waals surface area contributed by atoms with Crippen LogP contribution in [0.1, 0.15) is 0 Å². The molecule has 6 nitrogen and oxygen atoms in total. The summed E-state index contributed by atoms with van der Waals surface area (Å²) in [6.45, 7) is 0. The van der Waals surface area contributed by atoms with Crippen molar-refractivity contribution in [3.8, 4) is 11.8 Å². The third-order valence-corrected chi connectivity index (χ3v) is 1.23. The molecule has 0 saturated carbocycles. The number of rotatable bonds is 3. The van der Waals surface area contributed by atoms with Crippen LogP contribution in [0.4, 0.5) is 5.95 Å². The molecule has 0 aromatic carbocycles. The van der Waals surface area contributed by atoms with Gasteiger partial charge in [0.25, 0.3) is 5.95 Å². The van der Waals surface area contributed by atoms with E-state index in [0.717, 1.165) is 0 Å². The summed E-state index contributed by atoms with van der Waals surface area (Å²) in [4.78, 5) is 20.7. The van der Waals surface area contributed by atoms with Gasteiger partial charge in [0, 0.05) is 0 Å². The highest BCUT2D eigenvalue weighted by Gasteiger charge is 2.03. The first kappa shape index (κ1) is 9.15. The van der Waals surface area contributed by atoms with E-state index in [9.17, 15) is 4.79 Å². The molecular weight excluding hydrogens is 174 g/mol. The molecule has 0 bridgehead atoms. The minimum atomic E-state index is -0.0359. The number of ether oxygens (including phenoxy) is 2. The van der Waals surface area contributed by atoms with Crippen LogP contribution in [0.25, 0.3) is 0 Å². The standard InChI is InChI=1S/C7H7N3O3/c1-12-5-3-6(13-2)10-7(9-5)8-4-11/h3H,1-2H3. The second-order valence-electron chi connectivity index (χ2n) is 1.96. The zero-order valence-electron chi connectivity index (χ0n) is 7.14. The first-order valence-corrected chi connectivity index (χ1v) is 3.35.